The number of benzene rings is 1. The molecule has 1 aromatic carbocycles. The third-order valence-electron chi connectivity index (χ3n) is 3.80. The number of aromatic nitrogens is 1. The van der Waals surface area contributed by atoms with Crippen molar-refractivity contribution in [2.75, 3.05) is 11.5 Å². The second-order valence-electron chi connectivity index (χ2n) is 4.79. The van der Waals surface area contributed by atoms with Gasteiger partial charge in [-0.2, -0.15) is 0 Å². The summed E-state index contributed by atoms with van der Waals surface area (Å²) in [7, 11) is 0. The van der Waals surface area contributed by atoms with E-state index in [2.05, 4.69) is 17.1 Å². The van der Waals surface area contributed by atoms with Crippen LogP contribution in [-0.2, 0) is 4.08 Å². The van der Waals surface area contributed by atoms with Gasteiger partial charge in [0.25, 0.3) is 0 Å². The number of hydrogen-bond donors (Lipinski definition) is 1. The number of Topliss-reactive ketones (excluding diaryl/α,β-unsaturated/α-hetero) is 1. The van der Waals surface area contributed by atoms with Crippen molar-refractivity contribution in [2.24, 2.45) is 0 Å². The van der Waals surface area contributed by atoms with Gasteiger partial charge in [0, 0.05) is 34.4 Å². The van der Waals surface area contributed by atoms with Crippen LogP contribution in [0.25, 0.3) is 10.9 Å². The Morgan fingerprint density at radius 1 is 1.17 bits per heavy atom. The topological polar surface area (TPSA) is 32.9 Å². The standard InChI is InChI=1S/C14H13NOS2/c16-11-5-6-14(17-7-8-18-14)13-12(11)9-3-1-2-4-10(9)15-13/h1-4,15H,5-8H2. The van der Waals surface area contributed by atoms with Gasteiger partial charge in [-0.05, 0) is 12.5 Å². The molecule has 0 amide bonds. The molecular weight excluding hydrogens is 262 g/mol. The van der Waals surface area contributed by atoms with Crippen molar-refractivity contribution in [3.05, 3.63) is 35.5 Å². The lowest BCUT2D eigenvalue weighted by atomic mass is 9.93. The van der Waals surface area contributed by atoms with Crippen molar-refractivity contribution < 1.29 is 4.79 Å². The number of para-hydroxylation sites is 1. The summed E-state index contributed by atoms with van der Waals surface area (Å²) in [5.74, 6) is 2.68. The fourth-order valence-electron chi connectivity index (χ4n) is 2.99. The molecular formula is C14H13NOS2. The van der Waals surface area contributed by atoms with Gasteiger partial charge in [-0.25, -0.2) is 0 Å². The van der Waals surface area contributed by atoms with E-state index in [4.69, 9.17) is 0 Å². The molecule has 4 heteroatoms. The van der Waals surface area contributed by atoms with Crippen molar-refractivity contribution in [3.63, 3.8) is 0 Å². The first kappa shape index (κ1) is 11.0. The SMILES string of the molecule is O=C1CCC2(SCCS2)c2[nH]c3ccccc3c21. The zero-order valence-corrected chi connectivity index (χ0v) is 11.5. The molecule has 1 aliphatic heterocycles. The van der Waals surface area contributed by atoms with Gasteiger partial charge < -0.3 is 4.98 Å². The fraction of sp³-hybridized carbons (Fsp3) is 0.357. The highest BCUT2D eigenvalue weighted by Gasteiger charge is 2.45. The second kappa shape index (κ2) is 3.81. The van der Waals surface area contributed by atoms with Crippen LogP contribution in [0.2, 0.25) is 0 Å². The number of hydrogen-bond acceptors (Lipinski definition) is 3. The summed E-state index contributed by atoms with van der Waals surface area (Å²) in [5.41, 5.74) is 3.23. The first-order chi connectivity index (χ1) is 8.80. The highest BCUT2D eigenvalue weighted by atomic mass is 32.2. The van der Waals surface area contributed by atoms with E-state index >= 15 is 0 Å². The molecule has 1 N–H and O–H groups in total. The van der Waals surface area contributed by atoms with E-state index < -0.39 is 0 Å². The number of thioether (sulfide) groups is 2. The predicted octanol–water partition coefficient (Wildman–Crippen LogP) is 3.78. The summed E-state index contributed by atoms with van der Waals surface area (Å²) in [4.78, 5) is 15.8. The summed E-state index contributed by atoms with van der Waals surface area (Å²) >= 11 is 4.01. The average molecular weight is 275 g/mol. The van der Waals surface area contributed by atoms with Crippen LogP contribution in [0.3, 0.4) is 0 Å². The molecule has 4 rings (SSSR count). The Labute approximate surface area is 114 Å². The van der Waals surface area contributed by atoms with Crippen LogP contribution < -0.4 is 0 Å². The monoisotopic (exact) mass is 275 g/mol. The number of H-pyrrole nitrogens is 1. The first-order valence-electron chi connectivity index (χ1n) is 6.22. The molecule has 2 heterocycles. The zero-order chi connectivity index (χ0) is 12.2. The van der Waals surface area contributed by atoms with E-state index in [1.165, 1.54) is 17.2 Å². The minimum atomic E-state index is 0.113. The fourth-order valence-corrected chi connectivity index (χ4v) is 6.24. The van der Waals surface area contributed by atoms with Crippen molar-refractivity contribution >= 4 is 40.2 Å². The smallest absolute Gasteiger partial charge is 0.165 e. The number of fused-ring (bicyclic) bond motifs is 4. The molecule has 2 aliphatic rings. The lowest BCUT2D eigenvalue weighted by Crippen LogP contribution is -2.25. The molecule has 92 valence electrons. The molecule has 1 fully saturated rings. The van der Waals surface area contributed by atoms with Gasteiger partial charge in [0.2, 0.25) is 0 Å². The quantitative estimate of drug-likeness (QED) is 0.794. The van der Waals surface area contributed by atoms with E-state index in [0.717, 1.165) is 22.9 Å². The van der Waals surface area contributed by atoms with Gasteiger partial charge >= 0.3 is 0 Å². The Balaban J connectivity index is 2.04. The summed E-state index contributed by atoms with van der Waals surface area (Å²) in [6.45, 7) is 0. The summed E-state index contributed by atoms with van der Waals surface area (Å²) < 4.78 is 0.113. The van der Waals surface area contributed by atoms with E-state index in [1.54, 1.807) is 0 Å². The average Bonchev–Trinajstić information content (AvgIpc) is 3.00. The molecule has 1 spiro atoms. The first-order valence-corrected chi connectivity index (χ1v) is 8.20. The van der Waals surface area contributed by atoms with Crippen LogP contribution in [-0.4, -0.2) is 22.3 Å². The number of nitrogens with one attached hydrogen (secondary N) is 1. The molecule has 0 unspecified atom stereocenters. The van der Waals surface area contributed by atoms with Gasteiger partial charge in [0.15, 0.2) is 5.78 Å². The molecule has 0 saturated carbocycles. The molecule has 0 radical (unpaired) electrons. The van der Waals surface area contributed by atoms with Gasteiger partial charge in [0.05, 0.1) is 5.69 Å². The predicted molar refractivity (Wildman–Crippen MR) is 78.5 cm³/mol. The molecule has 0 bridgehead atoms. The highest BCUT2D eigenvalue weighted by Crippen LogP contribution is 2.58. The van der Waals surface area contributed by atoms with E-state index in [-0.39, 0.29) is 4.08 Å². The maximum absolute atomic E-state index is 12.3. The third kappa shape index (κ3) is 1.36. The Bertz CT molecular complexity index is 640. The Morgan fingerprint density at radius 3 is 2.78 bits per heavy atom. The van der Waals surface area contributed by atoms with Crippen molar-refractivity contribution in [1.29, 1.82) is 0 Å². The number of ketones is 1. The molecule has 1 aliphatic carbocycles. The van der Waals surface area contributed by atoms with E-state index in [0.29, 0.717) is 12.2 Å². The van der Waals surface area contributed by atoms with Crippen molar-refractivity contribution in [2.45, 2.75) is 16.9 Å². The lowest BCUT2D eigenvalue weighted by Gasteiger charge is -2.30. The number of carbonyl (C=O) groups excluding carboxylic acids is 1. The summed E-state index contributed by atoms with van der Waals surface area (Å²) in [5, 5.41) is 1.10. The van der Waals surface area contributed by atoms with Gasteiger partial charge in [0.1, 0.15) is 4.08 Å². The Hall–Kier alpha value is -0.870. The molecule has 2 aromatic rings. The Morgan fingerprint density at radius 2 is 1.94 bits per heavy atom. The molecule has 1 saturated heterocycles. The van der Waals surface area contributed by atoms with Gasteiger partial charge in [-0.15, -0.1) is 23.5 Å². The summed E-state index contributed by atoms with van der Waals surface area (Å²) in [6, 6.07) is 8.17. The zero-order valence-electron chi connectivity index (χ0n) is 9.86. The van der Waals surface area contributed by atoms with Crippen molar-refractivity contribution in [1.82, 2.24) is 4.98 Å². The van der Waals surface area contributed by atoms with Crippen LogP contribution in [0.5, 0.6) is 0 Å². The molecule has 0 atom stereocenters. The maximum atomic E-state index is 12.3. The highest BCUT2D eigenvalue weighted by molar-refractivity contribution is 8.20. The number of rotatable bonds is 0. The second-order valence-corrected chi connectivity index (χ2v) is 7.84. The maximum Gasteiger partial charge on any atom is 0.165 e. The molecule has 18 heavy (non-hydrogen) atoms. The molecule has 1 aromatic heterocycles. The summed E-state index contributed by atoms with van der Waals surface area (Å²) in [6.07, 6.45) is 1.66. The minimum absolute atomic E-state index is 0.113. The van der Waals surface area contributed by atoms with E-state index in [9.17, 15) is 4.79 Å². The van der Waals surface area contributed by atoms with Crippen LogP contribution >= 0.6 is 23.5 Å². The lowest BCUT2D eigenvalue weighted by molar-refractivity contribution is 0.0971. The molecule has 2 nitrogen and oxygen atoms in total. The normalized spacial score (nSPS) is 21.7. The number of aromatic amines is 1. The number of carbonyl (C=O) groups is 1. The minimum Gasteiger partial charge on any atom is -0.356 e. The van der Waals surface area contributed by atoms with Crippen molar-refractivity contribution in [3.8, 4) is 0 Å². The van der Waals surface area contributed by atoms with Crippen LogP contribution in [0.4, 0.5) is 0 Å². The van der Waals surface area contributed by atoms with Crippen LogP contribution in [0.15, 0.2) is 24.3 Å². The van der Waals surface area contributed by atoms with Crippen LogP contribution in [0.1, 0.15) is 28.9 Å². The largest absolute Gasteiger partial charge is 0.356 e. The van der Waals surface area contributed by atoms with E-state index in [1.807, 2.05) is 35.7 Å². The third-order valence-corrected chi connectivity index (χ3v) is 7.33. The Kier molecular flexibility index (Phi) is 2.33. The van der Waals surface area contributed by atoms with Gasteiger partial charge in [-0.3, -0.25) is 4.79 Å². The van der Waals surface area contributed by atoms with Gasteiger partial charge in [-0.1, -0.05) is 18.2 Å². The van der Waals surface area contributed by atoms with Crippen LogP contribution in [0, 0.1) is 0 Å².